The molecule has 0 aliphatic rings. The summed E-state index contributed by atoms with van der Waals surface area (Å²) in [5.41, 5.74) is 26.3. The molecule has 370 valence electrons. The van der Waals surface area contributed by atoms with Gasteiger partial charge in [-0.05, 0) is 350 Å². The summed E-state index contributed by atoms with van der Waals surface area (Å²) in [4.78, 5) is 0. The molecule has 78 heavy (non-hydrogen) atoms. The van der Waals surface area contributed by atoms with E-state index in [1.165, 1.54) is 241 Å². The standard InChI is InChI=1S/C78H58/c1-35-19-39(5)63(40(6)20-35)47-27-55-53-17-13-15-51-52-16-14-18-54-56-28-48(64-41(7)21-36(2)22-42(64)8)30-58-60-32-50(66-45(11)25-38(4)26-46(66)12)34-62-61-33-49(65-43(9)23-37(3)24-44(65)10)31-59-57(29-47)69(55)75-73(67(51)53)74(68(52)54)76(70(56)58)78(72(60)62)77(75)71(59)61/h13-34H,1-12H3. The van der Waals surface area contributed by atoms with Gasteiger partial charge in [0.05, 0.1) is 0 Å². The average molecular weight is 995 g/mol. The first-order valence-corrected chi connectivity index (χ1v) is 28.2. The molecule has 0 saturated carbocycles. The summed E-state index contributed by atoms with van der Waals surface area (Å²) in [5, 5.41) is 33.1. The third-order valence-electron chi connectivity index (χ3n) is 19.3. The van der Waals surface area contributed by atoms with E-state index >= 15 is 0 Å². The molecule has 17 rings (SSSR count). The number of fused-ring (bicyclic) bond motifs is 6. The zero-order chi connectivity index (χ0) is 53.0. The van der Waals surface area contributed by atoms with Crippen molar-refractivity contribution >= 4 is 129 Å². The first kappa shape index (κ1) is 44.5. The molecule has 0 atom stereocenters. The number of rotatable bonds is 4. The monoisotopic (exact) mass is 994 g/mol. The van der Waals surface area contributed by atoms with E-state index in [0.717, 1.165) is 0 Å². The van der Waals surface area contributed by atoms with E-state index in [1.807, 2.05) is 0 Å². The molecular formula is C78H58. The lowest BCUT2D eigenvalue weighted by Crippen LogP contribution is -2.02. The van der Waals surface area contributed by atoms with Crippen LogP contribution >= 0.6 is 0 Å². The predicted molar refractivity (Wildman–Crippen MR) is 342 cm³/mol. The van der Waals surface area contributed by atoms with E-state index in [2.05, 4.69) is 217 Å². The molecule has 0 unspecified atom stereocenters. The van der Waals surface area contributed by atoms with Crippen molar-refractivity contribution in [2.24, 2.45) is 0 Å². The Morgan fingerprint density at radius 1 is 0.167 bits per heavy atom. The minimum atomic E-state index is 1.29. The number of benzene rings is 17. The second kappa shape index (κ2) is 14.7. The van der Waals surface area contributed by atoms with Gasteiger partial charge in [-0.2, -0.15) is 0 Å². The van der Waals surface area contributed by atoms with E-state index in [4.69, 9.17) is 0 Å². The maximum Gasteiger partial charge on any atom is -0.0000469 e. The SMILES string of the molecule is Cc1cc(C)c(-c2cc3c4cccc5c6cccc7c8cc(-c9c(C)cc(C)cc9C)cc9c%10cc(-c%11c(C)cc(C)cc%11C)cc%11c%12cc(-c%13c(C)cc(C)cc%13C)cc%13c(c2)c3c2c(c54)c(c67)c(c89)c(c%10%11)c2c%13%12)c(C)c1. The summed E-state index contributed by atoms with van der Waals surface area (Å²) in [5.74, 6) is 0. The molecule has 0 nitrogen and oxygen atoms in total. The van der Waals surface area contributed by atoms with Crippen LogP contribution in [0.4, 0.5) is 0 Å². The Morgan fingerprint density at radius 2 is 0.321 bits per heavy atom. The first-order valence-electron chi connectivity index (χ1n) is 28.2. The fraction of sp³-hybridized carbons (Fsp3) is 0.154. The molecule has 0 spiro atoms. The van der Waals surface area contributed by atoms with Crippen molar-refractivity contribution in [3.63, 3.8) is 0 Å². The fourth-order valence-corrected chi connectivity index (χ4v) is 17.3. The molecule has 17 aromatic carbocycles. The van der Waals surface area contributed by atoms with E-state index in [0.29, 0.717) is 0 Å². The van der Waals surface area contributed by atoms with Crippen molar-refractivity contribution in [1.82, 2.24) is 0 Å². The van der Waals surface area contributed by atoms with E-state index in [1.54, 1.807) is 0 Å². The van der Waals surface area contributed by atoms with Gasteiger partial charge >= 0.3 is 0 Å². The fourth-order valence-electron chi connectivity index (χ4n) is 17.3. The lowest BCUT2D eigenvalue weighted by Gasteiger charge is -2.30. The number of aryl methyl sites for hydroxylation is 12. The molecule has 0 aliphatic heterocycles. The molecule has 0 aromatic heterocycles. The molecule has 0 aliphatic carbocycles. The van der Waals surface area contributed by atoms with Crippen LogP contribution in [0.15, 0.2) is 133 Å². The molecule has 17 aromatic rings. The normalized spacial score (nSPS) is 12.9. The van der Waals surface area contributed by atoms with Crippen molar-refractivity contribution in [3.8, 4) is 44.5 Å². The van der Waals surface area contributed by atoms with Crippen LogP contribution < -0.4 is 0 Å². The summed E-state index contributed by atoms with van der Waals surface area (Å²) in [6.07, 6.45) is 0. The van der Waals surface area contributed by atoms with Gasteiger partial charge in [-0.1, -0.05) is 107 Å². The predicted octanol–water partition coefficient (Wildman–Crippen LogP) is 22.5. The summed E-state index contributed by atoms with van der Waals surface area (Å²) in [6, 6.07) is 54.4. The molecule has 0 radical (unpaired) electrons. The lowest BCUT2D eigenvalue weighted by atomic mass is 9.72. The summed E-state index contributed by atoms with van der Waals surface area (Å²) >= 11 is 0. The van der Waals surface area contributed by atoms with Crippen LogP contribution in [-0.4, -0.2) is 0 Å². The molecule has 0 heteroatoms. The van der Waals surface area contributed by atoms with Crippen molar-refractivity contribution in [2.45, 2.75) is 83.1 Å². The van der Waals surface area contributed by atoms with Crippen LogP contribution in [0.2, 0.25) is 0 Å². The van der Waals surface area contributed by atoms with Crippen LogP contribution in [0.25, 0.3) is 174 Å². The third kappa shape index (κ3) is 5.37. The molecular weight excluding hydrogens is 937 g/mol. The van der Waals surface area contributed by atoms with Gasteiger partial charge in [0.25, 0.3) is 0 Å². The Kier molecular flexibility index (Phi) is 8.40. The molecule has 0 amide bonds. The zero-order valence-electron chi connectivity index (χ0n) is 46.7. The Morgan fingerprint density at radius 3 is 0.513 bits per heavy atom. The van der Waals surface area contributed by atoms with Crippen molar-refractivity contribution < 1.29 is 0 Å². The molecule has 0 N–H and O–H groups in total. The van der Waals surface area contributed by atoms with Crippen LogP contribution in [0.1, 0.15) is 66.8 Å². The topological polar surface area (TPSA) is 0 Å². The highest BCUT2D eigenvalue weighted by Gasteiger charge is 2.33. The average Bonchev–Trinajstić information content (AvgIpc) is 0.834. The molecule has 0 heterocycles. The highest BCUT2D eigenvalue weighted by Crippen LogP contribution is 2.62. The highest BCUT2D eigenvalue weighted by atomic mass is 14.4. The maximum atomic E-state index is 2.62. The van der Waals surface area contributed by atoms with Gasteiger partial charge < -0.3 is 0 Å². The zero-order valence-corrected chi connectivity index (χ0v) is 46.7. The van der Waals surface area contributed by atoms with Gasteiger partial charge in [-0.25, -0.2) is 0 Å². The van der Waals surface area contributed by atoms with Crippen molar-refractivity contribution in [1.29, 1.82) is 0 Å². The Labute approximate surface area is 454 Å². The van der Waals surface area contributed by atoms with E-state index in [9.17, 15) is 0 Å². The highest BCUT2D eigenvalue weighted by molar-refractivity contribution is 6.61. The molecule has 0 bridgehead atoms. The molecule has 0 fully saturated rings. The van der Waals surface area contributed by atoms with Crippen LogP contribution in [0, 0.1) is 83.1 Å². The first-order chi connectivity index (χ1) is 37.6. The number of hydrogen-bond acceptors (Lipinski definition) is 0. The smallest absolute Gasteiger partial charge is 0.0000469 e. The Balaban J connectivity index is 1.23. The van der Waals surface area contributed by atoms with E-state index in [-0.39, 0.29) is 0 Å². The molecule has 0 saturated heterocycles. The minimum absolute atomic E-state index is 1.29. The van der Waals surface area contributed by atoms with E-state index < -0.39 is 0 Å². The summed E-state index contributed by atoms with van der Waals surface area (Å²) in [7, 11) is 0. The van der Waals surface area contributed by atoms with Crippen LogP contribution in [0.3, 0.4) is 0 Å². The largest absolute Gasteiger partial charge is 0.0610 e. The minimum Gasteiger partial charge on any atom is -0.0610 e. The second-order valence-electron chi connectivity index (χ2n) is 24.6. The van der Waals surface area contributed by atoms with Gasteiger partial charge in [0.15, 0.2) is 0 Å². The van der Waals surface area contributed by atoms with Gasteiger partial charge in [-0.3, -0.25) is 0 Å². The quantitative estimate of drug-likeness (QED) is 0.122. The second-order valence-corrected chi connectivity index (χ2v) is 24.6. The van der Waals surface area contributed by atoms with Crippen LogP contribution in [0.5, 0.6) is 0 Å². The Hall–Kier alpha value is -8.58. The number of hydrogen-bond donors (Lipinski definition) is 0. The Bertz CT molecular complexity index is 5100. The van der Waals surface area contributed by atoms with Crippen LogP contribution in [-0.2, 0) is 0 Å². The maximum absolute atomic E-state index is 2.62. The summed E-state index contributed by atoms with van der Waals surface area (Å²) in [6.45, 7) is 27.5. The van der Waals surface area contributed by atoms with Gasteiger partial charge in [0.2, 0.25) is 0 Å². The van der Waals surface area contributed by atoms with Crippen molar-refractivity contribution in [3.05, 3.63) is 200 Å². The van der Waals surface area contributed by atoms with Gasteiger partial charge in [0.1, 0.15) is 0 Å². The lowest BCUT2D eigenvalue weighted by molar-refractivity contribution is 1.32. The van der Waals surface area contributed by atoms with Gasteiger partial charge in [-0.15, -0.1) is 0 Å². The third-order valence-corrected chi connectivity index (χ3v) is 19.3. The van der Waals surface area contributed by atoms with Crippen molar-refractivity contribution in [2.75, 3.05) is 0 Å². The van der Waals surface area contributed by atoms with Gasteiger partial charge in [0, 0.05) is 0 Å². The summed E-state index contributed by atoms with van der Waals surface area (Å²) < 4.78 is 0.